The van der Waals surface area contributed by atoms with Gasteiger partial charge in [0.25, 0.3) is 0 Å². The molecule has 4 aromatic carbocycles. The molecule has 0 atom stereocenters. The number of fused-ring (bicyclic) bond motifs is 3. The largest absolute Gasteiger partial charge is 0.507 e. The van der Waals surface area contributed by atoms with Gasteiger partial charge in [-0.1, -0.05) is 80.0 Å². The number of aromatic hydroxyl groups is 1. The second-order valence-electron chi connectivity index (χ2n) is 8.23. The third-order valence-corrected chi connectivity index (χ3v) is 6.33. The molecule has 0 heterocycles. The molecule has 5 rings (SSSR count). The summed E-state index contributed by atoms with van der Waals surface area (Å²) in [6.45, 7) is 4.34. The Morgan fingerprint density at radius 1 is 0.767 bits per heavy atom. The van der Waals surface area contributed by atoms with Crippen molar-refractivity contribution in [1.29, 1.82) is 0 Å². The third kappa shape index (κ3) is 2.68. The molecule has 0 aliphatic heterocycles. The Morgan fingerprint density at radius 2 is 1.47 bits per heavy atom. The van der Waals surface area contributed by atoms with E-state index in [4.69, 9.17) is 11.6 Å². The molecule has 0 fully saturated rings. The molecule has 0 spiro atoms. The Kier molecular flexibility index (Phi) is 4.23. The van der Waals surface area contributed by atoms with E-state index in [1.54, 1.807) is 6.07 Å². The van der Waals surface area contributed by atoms with Gasteiger partial charge in [0.2, 0.25) is 0 Å². The lowest BCUT2D eigenvalue weighted by molar-refractivity contribution is 0.476. The van der Waals surface area contributed by atoms with Crippen molar-refractivity contribution in [3.8, 4) is 39.1 Å². The second kappa shape index (κ2) is 6.72. The molecule has 148 valence electrons. The summed E-state index contributed by atoms with van der Waals surface area (Å²) in [4.78, 5) is 0. The number of phenolic OH excluding ortho intramolecular Hbond substituents is 1. The van der Waals surface area contributed by atoms with Crippen molar-refractivity contribution in [2.75, 3.05) is 0 Å². The first-order valence-electron chi connectivity index (χ1n) is 9.90. The molecule has 0 saturated heterocycles. The molecule has 0 saturated carbocycles. The number of halogens is 2. The number of rotatable bonds is 2. The van der Waals surface area contributed by atoms with Crippen LogP contribution in [0.3, 0.4) is 0 Å². The smallest absolute Gasteiger partial charge is 0.131 e. The van der Waals surface area contributed by atoms with Crippen LogP contribution in [0.25, 0.3) is 33.4 Å². The zero-order valence-electron chi connectivity index (χ0n) is 16.7. The summed E-state index contributed by atoms with van der Waals surface area (Å²) in [5.41, 5.74) is 6.45. The van der Waals surface area contributed by atoms with Gasteiger partial charge in [0.05, 0.1) is 0 Å². The predicted octanol–water partition coefficient (Wildman–Crippen LogP) is 7.83. The van der Waals surface area contributed by atoms with Gasteiger partial charge in [-0.25, -0.2) is 4.39 Å². The molecule has 1 N–H and O–H groups in total. The zero-order chi connectivity index (χ0) is 21.0. The monoisotopic (exact) mass is 414 g/mol. The molecule has 1 aliphatic carbocycles. The van der Waals surface area contributed by atoms with Crippen molar-refractivity contribution in [3.63, 3.8) is 0 Å². The molecule has 1 aliphatic rings. The highest BCUT2D eigenvalue weighted by molar-refractivity contribution is 6.30. The van der Waals surface area contributed by atoms with Gasteiger partial charge >= 0.3 is 0 Å². The Bertz CT molecular complexity index is 1290. The van der Waals surface area contributed by atoms with Crippen LogP contribution in [0.4, 0.5) is 4.39 Å². The molecule has 0 radical (unpaired) electrons. The van der Waals surface area contributed by atoms with E-state index in [0.717, 1.165) is 27.8 Å². The van der Waals surface area contributed by atoms with Gasteiger partial charge in [-0.2, -0.15) is 0 Å². The van der Waals surface area contributed by atoms with E-state index in [0.29, 0.717) is 16.1 Å². The van der Waals surface area contributed by atoms with Crippen LogP contribution >= 0.6 is 11.6 Å². The summed E-state index contributed by atoms with van der Waals surface area (Å²) < 4.78 is 14.8. The van der Waals surface area contributed by atoms with E-state index < -0.39 is 5.82 Å². The number of benzene rings is 4. The van der Waals surface area contributed by atoms with Crippen LogP contribution in [-0.2, 0) is 5.41 Å². The Balaban J connectivity index is 1.94. The van der Waals surface area contributed by atoms with E-state index >= 15 is 0 Å². The minimum Gasteiger partial charge on any atom is -0.507 e. The Morgan fingerprint density at radius 3 is 2.23 bits per heavy atom. The Hall–Kier alpha value is -3.10. The van der Waals surface area contributed by atoms with Crippen molar-refractivity contribution < 1.29 is 9.50 Å². The van der Waals surface area contributed by atoms with Crippen LogP contribution < -0.4 is 0 Å². The number of hydrogen-bond acceptors (Lipinski definition) is 1. The van der Waals surface area contributed by atoms with Crippen LogP contribution in [-0.4, -0.2) is 5.11 Å². The lowest BCUT2D eigenvalue weighted by Crippen LogP contribution is -2.16. The molecule has 4 aromatic rings. The topological polar surface area (TPSA) is 20.2 Å². The second-order valence-corrected chi connectivity index (χ2v) is 8.67. The van der Waals surface area contributed by atoms with Gasteiger partial charge in [-0.15, -0.1) is 0 Å². The minimum atomic E-state index is -0.417. The van der Waals surface area contributed by atoms with E-state index in [9.17, 15) is 9.50 Å². The predicted molar refractivity (Wildman–Crippen MR) is 122 cm³/mol. The molecular formula is C27H20ClFO. The van der Waals surface area contributed by atoms with Crippen LogP contribution in [0.15, 0.2) is 78.9 Å². The normalized spacial score (nSPS) is 13.7. The SMILES string of the molecule is CC1(C)c2ccccc2-c2cc(-c3cc(Cl)ccc3F)c(O)c(-c3ccccc3)c21. The van der Waals surface area contributed by atoms with Crippen molar-refractivity contribution >= 4 is 11.6 Å². The van der Waals surface area contributed by atoms with Crippen molar-refractivity contribution in [2.45, 2.75) is 19.3 Å². The number of hydrogen-bond donors (Lipinski definition) is 1. The Labute approximate surface area is 180 Å². The van der Waals surface area contributed by atoms with E-state index in [2.05, 4.69) is 26.0 Å². The van der Waals surface area contributed by atoms with Crippen molar-refractivity contribution in [1.82, 2.24) is 0 Å². The van der Waals surface area contributed by atoms with Crippen LogP contribution in [0.1, 0.15) is 25.0 Å². The lowest BCUT2D eigenvalue weighted by Gasteiger charge is -2.26. The summed E-state index contributed by atoms with van der Waals surface area (Å²) in [5, 5.41) is 11.9. The van der Waals surface area contributed by atoms with Gasteiger partial charge < -0.3 is 5.11 Å². The fourth-order valence-corrected chi connectivity index (χ4v) is 4.90. The highest BCUT2D eigenvalue weighted by Crippen LogP contribution is 2.56. The first-order valence-corrected chi connectivity index (χ1v) is 10.3. The van der Waals surface area contributed by atoms with E-state index in [1.165, 1.54) is 17.7 Å². The first-order chi connectivity index (χ1) is 14.4. The first kappa shape index (κ1) is 18.9. The standard InChI is InChI=1S/C27H20ClFO/c1-27(2)22-11-7-6-10-18(22)20-15-21(19-14-17(28)12-13-23(19)29)26(30)24(25(20)27)16-8-4-3-5-9-16/h3-15,30H,1-2H3. The van der Waals surface area contributed by atoms with Gasteiger partial charge in [0, 0.05) is 27.1 Å². The lowest BCUT2D eigenvalue weighted by atomic mass is 9.77. The maximum absolute atomic E-state index is 14.8. The molecule has 1 nitrogen and oxygen atoms in total. The maximum Gasteiger partial charge on any atom is 0.131 e. The fourth-order valence-electron chi connectivity index (χ4n) is 4.73. The molecule has 0 aromatic heterocycles. The number of phenols is 1. The van der Waals surface area contributed by atoms with E-state index in [-0.39, 0.29) is 11.2 Å². The third-order valence-electron chi connectivity index (χ3n) is 6.10. The van der Waals surface area contributed by atoms with Crippen LogP contribution in [0.5, 0.6) is 5.75 Å². The highest BCUT2D eigenvalue weighted by Gasteiger charge is 2.39. The van der Waals surface area contributed by atoms with Crippen molar-refractivity contribution in [3.05, 3.63) is 101 Å². The van der Waals surface area contributed by atoms with Crippen LogP contribution in [0.2, 0.25) is 5.02 Å². The van der Waals surface area contributed by atoms with E-state index in [1.807, 2.05) is 48.5 Å². The van der Waals surface area contributed by atoms with Crippen molar-refractivity contribution in [2.24, 2.45) is 0 Å². The van der Waals surface area contributed by atoms with Crippen LogP contribution in [0, 0.1) is 5.82 Å². The summed E-state index contributed by atoms with van der Waals surface area (Å²) in [6.07, 6.45) is 0. The zero-order valence-corrected chi connectivity index (χ0v) is 17.5. The highest BCUT2D eigenvalue weighted by atomic mass is 35.5. The summed E-state index contributed by atoms with van der Waals surface area (Å²) >= 11 is 6.17. The van der Waals surface area contributed by atoms with Gasteiger partial charge in [-0.05, 0) is 52.1 Å². The van der Waals surface area contributed by atoms with Gasteiger partial charge in [0.1, 0.15) is 11.6 Å². The maximum atomic E-state index is 14.8. The minimum absolute atomic E-state index is 0.0713. The molecule has 0 bridgehead atoms. The molecule has 3 heteroatoms. The average molecular weight is 415 g/mol. The summed E-state index contributed by atoms with van der Waals surface area (Å²) in [7, 11) is 0. The summed E-state index contributed by atoms with van der Waals surface area (Å²) in [6, 6.07) is 24.4. The molecule has 30 heavy (non-hydrogen) atoms. The van der Waals surface area contributed by atoms with Gasteiger partial charge in [0.15, 0.2) is 0 Å². The molecular weight excluding hydrogens is 395 g/mol. The quantitative estimate of drug-likeness (QED) is 0.354. The average Bonchev–Trinajstić information content (AvgIpc) is 2.97. The van der Waals surface area contributed by atoms with Gasteiger partial charge in [-0.3, -0.25) is 0 Å². The summed E-state index contributed by atoms with van der Waals surface area (Å²) in [5.74, 6) is -0.346. The molecule has 0 amide bonds. The molecule has 0 unspecified atom stereocenters. The fraction of sp³-hybridized carbons (Fsp3) is 0.111.